The molecule has 1 saturated carbocycles. The summed E-state index contributed by atoms with van der Waals surface area (Å²) >= 11 is 2.06. The summed E-state index contributed by atoms with van der Waals surface area (Å²) in [6.45, 7) is 3.42. The fraction of sp³-hybridized carbons (Fsp3) is 0.600. The van der Waals surface area contributed by atoms with E-state index in [4.69, 9.17) is 0 Å². The molecule has 0 aromatic carbocycles. The average molecular weight is 319 g/mol. The van der Waals surface area contributed by atoms with Gasteiger partial charge in [0.15, 0.2) is 0 Å². The van der Waals surface area contributed by atoms with Crippen molar-refractivity contribution < 1.29 is 0 Å². The van der Waals surface area contributed by atoms with Crippen molar-refractivity contribution in [1.82, 2.24) is 14.9 Å². The van der Waals surface area contributed by atoms with E-state index in [-0.39, 0.29) is 5.56 Å². The van der Waals surface area contributed by atoms with Crippen LogP contribution in [0.25, 0.3) is 0 Å². The standard InChI is InChI=1S/C10H14IN3O/c1-7-9(11)10(15)14(6-13-7)5-4-12-8-2-3-8/h6,8,12H,2-5H2,1H3. The molecular weight excluding hydrogens is 305 g/mol. The zero-order valence-corrected chi connectivity index (χ0v) is 10.8. The van der Waals surface area contributed by atoms with E-state index in [1.54, 1.807) is 10.9 Å². The van der Waals surface area contributed by atoms with Crippen molar-refractivity contribution in [2.24, 2.45) is 0 Å². The molecule has 1 fully saturated rings. The number of hydrogen-bond donors (Lipinski definition) is 1. The van der Waals surface area contributed by atoms with Crippen LogP contribution < -0.4 is 10.9 Å². The van der Waals surface area contributed by atoms with Crippen molar-refractivity contribution in [2.45, 2.75) is 32.4 Å². The first-order valence-corrected chi connectivity index (χ1v) is 6.21. The Kier molecular flexibility index (Phi) is 3.40. The summed E-state index contributed by atoms with van der Waals surface area (Å²) < 4.78 is 2.39. The van der Waals surface area contributed by atoms with Crippen LogP contribution in [0.4, 0.5) is 0 Å². The van der Waals surface area contributed by atoms with Crippen molar-refractivity contribution in [1.29, 1.82) is 0 Å². The predicted molar refractivity (Wildman–Crippen MR) is 67.0 cm³/mol. The normalized spacial score (nSPS) is 15.6. The quantitative estimate of drug-likeness (QED) is 0.839. The van der Waals surface area contributed by atoms with Gasteiger partial charge in [-0.1, -0.05) is 0 Å². The van der Waals surface area contributed by atoms with Crippen LogP contribution in [0.1, 0.15) is 18.5 Å². The number of hydrogen-bond acceptors (Lipinski definition) is 3. The van der Waals surface area contributed by atoms with Gasteiger partial charge in [-0.05, 0) is 42.4 Å². The van der Waals surface area contributed by atoms with Gasteiger partial charge < -0.3 is 5.32 Å². The number of nitrogens with one attached hydrogen (secondary N) is 1. The Hall–Kier alpha value is -0.430. The lowest BCUT2D eigenvalue weighted by Gasteiger charge is -2.07. The molecule has 0 amide bonds. The monoisotopic (exact) mass is 319 g/mol. The maximum atomic E-state index is 11.8. The Morgan fingerprint density at radius 3 is 3.07 bits per heavy atom. The van der Waals surface area contributed by atoms with Gasteiger partial charge in [0.1, 0.15) is 0 Å². The van der Waals surface area contributed by atoms with Gasteiger partial charge in [0, 0.05) is 19.1 Å². The fourth-order valence-electron chi connectivity index (χ4n) is 1.38. The van der Waals surface area contributed by atoms with Crippen LogP contribution in [0.5, 0.6) is 0 Å². The largest absolute Gasteiger partial charge is 0.312 e. The van der Waals surface area contributed by atoms with E-state index in [2.05, 4.69) is 32.9 Å². The van der Waals surface area contributed by atoms with E-state index in [1.165, 1.54) is 12.8 Å². The smallest absolute Gasteiger partial charge is 0.267 e. The van der Waals surface area contributed by atoms with Gasteiger partial charge in [-0.3, -0.25) is 9.36 Å². The maximum absolute atomic E-state index is 11.8. The summed E-state index contributed by atoms with van der Waals surface area (Å²) in [6, 6.07) is 0.693. The molecule has 0 atom stereocenters. The molecule has 0 radical (unpaired) electrons. The molecule has 0 spiro atoms. The molecule has 4 nitrogen and oxygen atoms in total. The second-order valence-corrected chi connectivity index (χ2v) is 4.95. The number of halogens is 1. The average Bonchev–Trinajstić information content (AvgIpc) is 3.02. The SMILES string of the molecule is Cc1ncn(CCNC2CC2)c(=O)c1I. The molecule has 1 aliphatic rings. The highest BCUT2D eigenvalue weighted by Gasteiger charge is 2.19. The number of aryl methyl sites for hydroxylation is 1. The van der Waals surface area contributed by atoms with Crippen LogP contribution in [-0.4, -0.2) is 22.1 Å². The first kappa shape index (κ1) is 11.1. The zero-order chi connectivity index (χ0) is 10.8. The van der Waals surface area contributed by atoms with Crippen LogP contribution >= 0.6 is 22.6 Å². The Bertz CT molecular complexity index is 412. The topological polar surface area (TPSA) is 46.9 Å². The molecule has 0 saturated heterocycles. The summed E-state index contributed by atoms with van der Waals surface area (Å²) in [5, 5.41) is 3.38. The summed E-state index contributed by atoms with van der Waals surface area (Å²) in [6.07, 6.45) is 4.19. The fourth-order valence-corrected chi connectivity index (χ4v) is 1.83. The van der Waals surface area contributed by atoms with Crippen LogP contribution in [0.2, 0.25) is 0 Å². The molecule has 0 unspecified atom stereocenters. The number of aromatic nitrogens is 2. The Morgan fingerprint density at radius 1 is 1.67 bits per heavy atom. The molecule has 0 aliphatic heterocycles. The Morgan fingerprint density at radius 2 is 2.40 bits per heavy atom. The molecule has 1 aromatic rings. The van der Waals surface area contributed by atoms with E-state index in [1.807, 2.05) is 6.92 Å². The van der Waals surface area contributed by atoms with Crippen LogP contribution in [0.3, 0.4) is 0 Å². The van der Waals surface area contributed by atoms with E-state index in [0.717, 1.165) is 15.8 Å². The van der Waals surface area contributed by atoms with Crippen molar-refractivity contribution >= 4 is 22.6 Å². The van der Waals surface area contributed by atoms with E-state index in [9.17, 15) is 4.79 Å². The van der Waals surface area contributed by atoms with Crippen LogP contribution in [-0.2, 0) is 6.54 Å². The summed E-state index contributed by atoms with van der Waals surface area (Å²) in [5.41, 5.74) is 0.882. The van der Waals surface area contributed by atoms with Crippen LogP contribution in [0.15, 0.2) is 11.1 Å². The minimum Gasteiger partial charge on any atom is -0.312 e. The second kappa shape index (κ2) is 4.61. The molecule has 82 valence electrons. The number of rotatable bonds is 4. The van der Waals surface area contributed by atoms with Crippen LogP contribution in [0, 0.1) is 10.5 Å². The first-order chi connectivity index (χ1) is 7.18. The van der Waals surface area contributed by atoms with Crippen molar-refractivity contribution in [3.63, 3.8) is 0 Å². The van der Waals surface area contributed by atoms with Gasteiger partial charge >= 0.3 is 0 Å². The molecule has 1 aliphatic carbocycles. The third-order valence-electron chi connectivity index (χ3n) is 2.52. The molecule has 1 aromatic heterocycles. The van der Waals surface area contributed by atoms with E-state index >= 15 is 0 Å². The molecular formula is C10H14IN3O. The van der Waals surface area contributed by atoms with E-state index < -0.39 is 0 Å². The second-order valence-electron chi connectivity index (χ2n) is 3.87. The summed E-state index contributed by atoms with van der Waals surface area (Å²) in [4.78, 5) is 15.9. The van der Waals surface area contributed by atoms with Gasteiger partial charge in [-0.25, -0.2) is 4.98 Å². The van der Waals surface area contributed by atoms with Crippen molar-refractivity contribution in [3.8, 4) is 0 Å². The minimum atomic E-state index is 0.0701. The molecule has 1 N–H and O–H groups in total. The predicted octanol–water partition coefficient (Wildman–Crippen LogP) is 0.908. The van der Waals surface area contributed by atoms with Crippen molar-refractivity contribution in [2.75, 3.05) is 6.54 Å². The molecule has 2 rings (SSSR count). The lowest BCUT2D eigenvalue weighted by atomic mass is 10.4. The van der Waals surface area contributed by atoms with E-state index in [0.29, 0.717) is 12.6 Å². The van der Waals surface area contributed by atoms with Gasteiger partial charge in [-0.2, -0.15) is 0 Å². The van der Waals surface area contributed by atoms with Gasteiger partial charge in [-0.15, -0.1) is 0 Å². The third-order valence-corrected chi connectivity index (χ3v) is 3.76. The highest BCUT2D eigenvalue weighted by molar-refractivity contribution is 14.1. The highest BCUT2D eigenvalue weighted by atomic mass is 127. The summed E-state index contributed by atoms with van der Waals surface area (Å²) in [7, 11) is 0. The lowest BCUT2D eigenvalue weighted by Crippen LogP contribution is -2.30. The first-order valence-electron chi connectivity index (χ1n) is 5.13. The van der Waals surface area contributed by atoms with Gasteiger partial charge in [0.2, 0.25) is 0 Å². The molecule has 15 heavy (non-hydrogen) atoms. The van der Waals surface area contributed by atoms with Crippen molar-refractivity contribution in [3.05, 3.63) is 25.9 Å². The minimum absolute atomic E-state index is 0.0701. The zero-order valence-electron chi connectivity index (χ0n) is 8.66. The number of nitrogens with zero attached hydrogens (tertiary/aromatic N) is 2. The van der Waals surface area contributed by atoms with Gasteiger partial charge in [0.25, 0.3) is 5.56 Å². The molecule has 1 heterocycles. The maximum Gasteiger partial charge on any atom is 0.267 e. The van der Waals surface area contributed by atoms with Gasteiger partial charge in [0.05, 0.1) is 15.6 Å². The molecule has 5 heteroatoms. The summed E-state index contributed by atoms with van der Waals surface area (Å²) in [5.74, 6) is 0. The Labute approximate surface area is 102 Å². The lowest BCUT2D eigenvalue weighted by molar-refractivity contribution is 0.573. The molecule has 0 bridgehead atoms. The highest BCUT2D eigenvalue weighted by Crippen LogP contribution is 2.17. The third kappa shape index (κ3) is 2.78. The Balaban J connectivity index is 2.00.